The van der Waals surface area contributed by atoms with Gasteiger partial charge in [0.1, 0.15) is 11.6 Å². The van der Waals surface area contributed by atoms with Crippen molar-refractivity contribution in [3.63, 3.8) is 0 Å². The maximum Gasteiger partial charge on any atom is 0.419 e. The molecule has 0 fully saturated rings. The van der Waals surface area contributed by atoms with Crippen LogP contribution in [-0.2, 0) is 18.9 Å². The van der Waals surface area contributed by atoms with Gasteiger partial charge in [-0.15, -0.1) is 0 Å². The number of anilines is 1. The average molecular weight is 541 g/mol. The maximum absolute atomic E-state index is 14.3. The molecule has 0 saturated carbocycles. The Kier molecular flexibility index (Phi) is 6.87. The number of nitrogens with one attached hydrogen (secondary N) is 1. The van der Waals surface area contributed by atoms with Gasteiger partial charge in [0.05, 0.1) is 33.8 Å². The quantitative estimate of drug-likeness (QED) is 0.254. The number of alkyl halides is 6. The molecule has 198 valence electrons. The molecule has 0 amide bonds. The van der Waals surface area contributed by atoms with E-state index in [2.05, 4.69) is 10.4 Å². The van der Waals surface area contributed by atoms with Crippen LogP contribution < -0.4 is 5.32 Å². The average Bonchev–Trinajstić information content (AvgIpc) is 3.27. The first-order valence-corrected chi connectivity index (χ1v) is 10.6. The molecule has 0 bridgehead atoms. The Bertz CT molecular complexity index is 1470. The van der Waals surface area contributed by atoms with Gasteiger partial charge in [-0.05, 0) is 42.5 Å². The Labute approximate surface area is 208 Å². The molecule has 13 heteroatoms. The van der Waals surface area contributed by atoms with Crippen molar-refractivity contribution in [3.05, 3.63) is 101 Å². The van der Waals surface area contributed by atoms with Gasteiger partial charge in [0.25, 0.3) is 0 Å². The summed E-state index contributed by atoms with van der Waals surface area (Å²) in [6.07, 6.45) is -8.27. The topological polar surface area (TPSA) is 67.2 Å². The van der Waals surface area contributed by atoms with Crippen molar-refractivity contribution in [3.8, 4) is 16.9 Å². The van der Waals surface area contributed by atoms with Crippen molar-refractivity contribution in [1.82, 2.24) is 9.78 Å². The molecule has 0 saturated heterocycles. The molecule has 3 aromatic carbocycles. The Hall–Kier alpha value is -4.42. The molecule has 0 unspecified atom stereocenters. The summed E-state index contributed by atoms with van der Waals surface area (Å²) in [5.74, 6) is -4.23. The van der Waals surface area contributed by atoms with Gasteiger partial charge in [-0.1, -0.05) is 12.1 Å². The van der Waals surface area contributed by atoms with E-state index in [1.54, 1.807) is 0 Å². The first-order chi connectivity index (χ1) is 17.7. The highest BCUT2D eigenvalue weighted by Crippen LogP contribution is 2.35. The molecule has 38 heavy (non-hydrogen) atoms. The van der Waals surface area contributed by atoms with Gasteiger partial charge in [0.2, 0.25) is 0 Å². The summed E-state index contributed by atoms with van der Waals surface area (Å²) in [6.45, 7) is -0.300. The molecular weight excluding hydrogens is 526 g/mol. The van der Waals surface area contributed by atoms with Gasteiger partial charge in [0, 0.05) is 29.9 Å². The summed E-state index contributed by atoms with van der Waals surface area (Å²) in [5.41, 5.74) is -2.25. The van der Waals surface area contributed by atoms with E-state index in [9.17, 15) is 39.9 Å². The summed E-state index contributed by atoms with van der Waals surface area (Å²) in [7, 11) is 0. The second-order valence-corrected chi connectivity index (χ2v) is 8.04. The zero-order valence-corrected chi connectivity index (χ0v) is 18.8. The van der Waals surface area contributed by atoms with Crippen LogP contribution in [0.4, 0.5) is 40.8 Å². The minimum absolute atomic E-state index is 0.00874. The van der Waals surface area contributed by atoms with E-state index in [1.807, 2.05) is 0 Å². The number of carboxylic acid groups (broad SMARTS) is 1. The number of carboxylic acids is 1. The first-order valence-electron chi connectivity index (χ1n) is 10.6. The van der Waals surface area contributed by atoms with Crippen molar-refractivity contribution in [1.29, 1.82) is 0 Å². The Morgan fingerprint density at radius 2 is 1.50 bits per heavy atom. The fourth-order valence-corrected chi connectivity index (χ4v) is 3.58. The molecule has 4 rings (SSSR count). The monoisotopic (exact) mass is 541 g/mol. The first kappa shape index (κ1) is 26.6. The van der Waals surface area contributed by atoms with E-state index in [0.29, 0.717) is 11.8 Å². The third-order valence-corrected chi connectivity index (χ3v) is 5.49. The predicted octanol–water partition coefficient (Wildman–Crippen LogP) is 7.17. The number of benzene rings is 3. The molecule has 2 N–H and O–H groups in total. The molecule has 0 aliphatic heterocycles. The fourth-order valence-electron chi connectivity index (χ4n) is 3.58. The molecule has 0 atom stereocenters. The van der Waals surface area contributed by atoms with E-state index < -0.39 is 46.8 Å². The summed E-state index contributed by atoms with van der Waals surface area (Å²) in [6, 6.07) is 9.80. The third-order valence-electron chi connectivity index (χ3n) is 5.49. The lowest BCUT2D eigenvalue weighted by Gasteiger charge is -2.12. The standard InChI is InChI=1S/C25H15F8N3O2/c26-19-10-21(20(27)9-18(19)25(31,32)33)34-11-15-12-36(17-7-3-14(4-8-17)23(37)38)35-22(15)13-1-5-16(6-2-13)24(28,29)30/h1-10,12,34H,11H2,(H,37,38). The molecule has 0 spiro atoms. The van der Waals surface area contributed by atoms with E-state index in [1.165, 1.54) is 35.1 Å². The maximum atomic E-state index is 14.3. The Morgan fingerprint density at radius 1 is 0.868 bits per heavy atom. The van der Waals surface area contributed by atoms with Crippen molar-refractivity contribution in [2.24, 2.45) is 0 Å². The highest BCUT2D eigenvalue weighted by molar-refractivity contribution is 5.87. The van der Waals surface area contributed by atoms with Gasteiger partial charge in [-0.3, -0.25) is 0 Å². The Balaban J connectivity index is 1.71. The predicted molar refractivity (Wildman–Crippen MR) is 120 cm³/mol. The highest BCUT2D eigenvalue weighted by Gasteiger charge is 2.35. The number of carbonyl (C=O) groups is 1. The number of hydrogen-bond donors (Lipinski definition) is 2. The second-order valence-electron chi connectivity index (χ2n) is 8.04. The molecule has 5 nitrogen and oxygen atoms in total. The molecule has 1 heterocycles. The van der Waals surface area contributed by atoms with Crippen molar-refractivity contribution in [2.45, 2.75) is 18.9 Å². The highest BCUT2D eigenvalue weighted by atomic mass is 19.4. The molecule has 4 aromatic rings. The summed E-state index contributed by atoms with van der Waals surface area (Å²) < 4.78 is 107. The number of aromatic nitrogens is 2. The van der Waals surface area contributed by atoms with E-state index in [4.69, 9.17) is 5.11 Å². The fraction of sp³-hybridized carbons (Fsp3) is 0.120. The molecule has 0 aliphatic rings. The SMILES string of the molecule is O=C(O)c1ccc(-n2cc(CNc3cc(F)c(C(F)(F)F)cc3F)c(-c3ccc(C(F)(F)F)cc3)n2)cc1. The third kappa shape index (κ3) is 5.61. The summed E-state index contributed by atoms with van der Waals surface area (Å²) in [5, 5.41) is 15.9. The van der Waals surface area contributed by atoms with Crippen LogP contribution >= 0.6 is 0 Å². The lowest BCUT2D eigenvalue weighted by atomic mass is 10.1. The smallest absolute Gasteiger partial charge is 0.419 e. The van der Waals surface area contributed by atoms with Gasteiger partial charge < -0.3 is 10.4 Å². The van der Waals surface area contributed by atoms with Crippen molar-refractivity contribution >= 4 is 11.7 Å². The zero-order valence-electron chi connectivity index (χ0n) is 18.8. The number of halogens is 8. The van der Waals surface area contributed by atoms with Crippen LogP contribution in [0, 0.1) is 11.6 Å². The van der Waals surface area contributed by atoms with Crippen LogP contribution in [0.15, 0.2) is 66.9 Å². The number of aromatic carboxylic acids is 1. The van der Waals surface area contributed by atoms with Crippen LogP contribution in [0.5, 0.6) is 0 Å². The molecule has 1 aromatic heterocycles. The number of rotatable bonds is 6. The molecule has 0 radical (unpaired) electrons. The zero-order chi connectivity index (χ0) is 27.8. The van der Waals surface area contributed by atoms with Crippen LogP contribution in [-0.4, -0.2) is 20.9 Å². The normalized spacial score (nSPS) is 12.0. The van der Waals surface area contributed by atoms with Gasteiger partial charge in [-0.2, -0.15) is 31.4 Å². The van der Waals surface area contributed by atoms with Crippen LogP contribution in [0.2, 0.25) is 0 Å². The summed E-state index contributed by atoms with van der Waals surface area (Å²) >= 11 is 0. The summed E-state index contributed by atoms with van der Waals surface area (Å²) in [4.78, 5) is 11.1. The van der Waals surface area contributed by atoms with Crippen LogP contribution in [0.1, 0.15) is 27.0 Å². The number of hydrogen-bond acceptors (Lipinski definition) is 3. The van der Waals surface area contributed by atoms with Crippen LogP contribution in [0.25, 0.3) is 16.9 Å². The van der Waals surface area contributed by atoms with E-state index in [-0.39, 0.29) is 35.0 Å². The van der Waals surface area contributed by atoms with E-state index >= 15 is 0 Å². The largest absolute Gasteiger partial charge is 0.478 e. The lowest BCUT2D eigenvalue weighted by Crippen LogP contribution is -2.11. The van der Waals surface area contributed by atoms with Crippen LogP contribution in [0.3, 0.4) is 0 Å². The van der Waals surface area contributed by atoms with Crippen molar-refractivity contribution < 1.29 is 45.0 Å². The van der Waals surface area contributed by atoms with Gasteiger partial charge in [-0.25, -0.2) is 18.3 Å². The van der Waals surface area contributed by atoms with E-state index in [0.717, 1.165) is 24.3 Å². The van der Waals surface area contributed by atoms with Gasteiger partial charge >= 0.3 is 18.3 Å². The molecule has 0 aliphatic carbocycles. The second kappa shape index (κ2) is 9.80. The molecular formula is C25H15F8N3O2. The van der Waals surface area contributed by atoms with Gasteiger partial charge in [0.15, 0.2) is 0 Å². The minimum Gasteiger partial charge on any atom is -0.478 e. The minimum atomic E-state index is -5.10. The Morgan fingerprint density at radius 3 is 2.05 bits per heavy atom. The lowest BCUT2D eigenvalue weighted by molar-refractivity contribution is -0.140. The number of nitrogens with zero attached hydrogens (tertiary/aromatic N) is 2. The van der Waals surface area contributed by atoms with Crippen molar-refractivity contribution in [2.75, 3.05) is 5.32 Å².